The van der Waals surface area contributed by atoms with E-state index in [1.54, 1.807) is 6.20 Å². The molecule has 0 spiro atoms. The average Bonchev–Trinajstić information content (AvgIpc) is 3.19. The molecule has 2 aliphatic rings. The van der Waals surface area contributed by atoms with E-state index in [1.165, 1.54) is 0 Å². The Morgan fingerprint density at radius 2 is 2.11 bits per heavy atom. The lowest BCUT2D eigenvalue weighted by molar-refractivity contribution is -0.134. The number of carbonyl (C=O) groups is 1. The highest BCUT2D eigenvalue weighted by molar-refractivity contribution is 5.76. The van der Waals surface area contributed by atoms with Crippen LogP contribution in [0.4, 0.5) is 0 Å². The summed E-state index contributed by atoms with van der Waals surface area (Å²) in [7, 11) is 2.11. The number of aromatic nitrogens is 2. The number of carbonyl (C=O) groups excluding carboxylic acids is 1. The number of hydrogen-bond donors (Lipinski definition) is 1. The van der Waals surface area contributed by atoms with Crippen molar-refractivity contribution in [3.8, 4) is 11.5 Å². The van der Waals surface area contributed by atoms with Crippen molar-refractivity contribution in [1.29, 1.82) is 0 Å². The molecule has 2 aromatic rings. The zero-order valence-corrected chi connectivity index (χ0v) is 16.5. The summed E-state index contributed by atoms with van der Waals surface area (Å²) in [6, 6.07) is 7.73. The van der Waals surface area contributed by atoms with Gasteiger partial charge in [0.1, 0.15) is 5.69 Å². The molecular formula is C21H29N5O2. The normalized spacial score (nSPS) is 23.7. The number of pyridine rings is 1. The zero-order valence-electron chi connectivity index (χ0n) is 16.5. The van der Waals surface area contributed by atoms with Gasteiger partial charge in [-0.2, -0.15) is 0 Å². The monoisotopic (exact) mass is 383 g/mol. The van der Waals surface area contributed by atoms with Crippen LogP contribution < -0.4 is 5.32 Å². The minimum atomic E-state index is 0.305. The maximum Gasteiger partial charge on any atom is 0.222 e. The van der Waals surface area contributed by atoms with Gasteiger partial charge in [0.15, 0.2) is 5.76 Å². The quantitative estimate of drug-likeness (QED) is 0.847. The minimum Gasteiger partial charge on any atom is -0.354 e. The maximum absolute atomic E-state index is 12.8. The first-order valence-corrected chi connectivity index (χ1v) is 10.2. The molecule has 7 nitrogen and oxygen atoms in total. The molecule has 0 aromatic carbocycles. The van der Waals surface area contributed by atoms with Crippen LogP contribution >= 0.6 is 0 Å². The Morgan fingerprint density at radius 3 is 2.89 bits per heavy atom. The van der Waals surface area contributed by atoms with Crippen molar-refractivity contribution in [2.45, 2.75) is 19.3 Å². The van der Waals surface area contributed by atoms with Crippen molar-refractivity contribution >= 4 is 5.91 Å². The van der Waals surface area contributed by atoms with E-state index in [0.29, 0.717) is 29.9 Å². The highest BCUT2D eigenvalue weighted by Gasteiger charge is 2.30. The molecule has 0 saturated carbocycles. The molecule has 0 radical (unpaired) electrons. The van der Waals surface area contributed by atoms with Crippen molar-refractivity contribution in [1.82, 2.24) is 25.3 Å². The second-order valence-corrected chi connectivity index (χ2v) is 8.00. The van der Waals surface area contributed by atoms with Gasteiger partial charge in [-0.1, -0.05) is 11.2 Å². The van der Waals surface area contributed by atoms with Crippen molar-refractivity contribution in [3.05, 3.63) is 36.2 Å². The van der Waals surface area contributed by atoms with Crippen LogP contribution in [0.15, 0.2) is 35.0 Å². The SMILES string of the molecule is CN1CCN(C(=O)CC2CCNCC2Cc2cc(-c3ccccn3)on2)CC1. The fourth-order valence-electron chi connectivity index (χ4n) is 4.20. The van der Waals surface area contributed by atoms with Crippen LogP contribution in [-0.4, -0.2) is 72.2 Å². The summed E-state index contributed by atoms with van der Waals surface area (Å²) in [4.78, 5) is 21.4. The Balaban J connectivity index is 1.37. The fraction of sp³-hybridized carbons (Fsp3) is 0.571. The summed E-state index contributed by atoms with van der Waals surface area (Å²) in [5.74, 6) is 1.79. The van der Waals surface area contributed by atoms with Crippen LogP contribution in [0.1, 0.15) is 18.5 Å². The second kappa shape index (κ2) is 8.84. The first-order valence-electron chi connectivity index (χ1n) is 10.2. The third-order valence-corrected chi connectivity index (χ3v) is 6.01. The minimum absolute atomic E-state index is 0.305. The number of nitrogens with one attached hydrogen (secondary N) is 1. The molecule has 28 heavy (non-hydrogen) atoms. The summed E-state index contributed by atoms with van der Waals surface area (Å²) >= 11 is 0. The van der Waals surface area contributed by atoms with Gasteiger partial charge in [-0.25, -0.2) is 0 Å². The predicted octanol–water partition coefficient (Wildman–Crippen LogP) is 1.67. The molecular weight excluding hydrogens is 354 g/mol. The number of hydrogen-bond acceptors (Lipinski definition) is 6. The molecule has 2 aromatic heterocycles. The predicted molar refractivity (Wildman–Crippen MR) is 107 cm³/mol. The Kier molecular flexibility index (Phi) is 6.02. The number of nitrogens with zero attached hydrogens (tertiary/aromatic N) is 4. The summed E-state index contributed by atoms with van der Waals surface area (Å²) in [6.45, 7) is 5.54. The fourth-order valence-corrected chi connectivity index (χ4v) is 4.20. The van der Waals surface area contributed by atoms with Crippen molar-refractivity contribution in [2.24, 2.45) is 11.8 Å². The molecule has 7 heteroatoms. The third kappa shape index (κ3) is 4.59. The number of likely N-dealkylation sites (N-methyl/N-ethyl adjacent to an activating group) is 1. The number of amides is 1. The van der Waals surface area contributed by atoms with Gasteiger partial charge in [0.05, 0.1) is 5.69 Å². The van der Waals surface area contributed by atoms with E-state index in [-0.39, 0.29) is 0 Å². The van der Waals surface area contributed by atoms with Crippen LogP contribution in [0.25, 0.3) is 11.5 Å². The molecule has 2 unspecified atom stereocenters. The number of piperidine rings is 1. The molecule has 2 saturated heterocycles. The van der Waals surface area contributed by atoms with E-state index in [9.17, 15) is 4.79 Å². The van der Waals surface area contributed by atoms with E-state index in [2.05, 4.69) is 27.4 Å². The molecule has 4 rings (SSSR count). The first-order chi connectivity index (χ1) is 13.7. The largest absolute Gasteiger partial charge is 0.354 e. The summed E-state index contributed by atoms with van der Waals surface area (Å²) in [6.07, 6.45) is 4.25. The van der Waals surface area contributed by atoms with Gasteiger partial charge in [0.25, 0.3) is 0 Å². The molecule has 0 aliphatic carbocycles. The molecule has 2 atom stereocenters. The van der Waals surface area contributed by atoms with Crippen molar-refractivity contribution < 1.29 is 9.32 Å². The summed E-state index contributed by atoms with van der Waals surface area (Å²) < 4.78 is 5.50. The van der Waals surface area contributed by atoms with Gasteiger partial charge in [-0.3, -0.25) is 9.78 Å². The van der Waals surface area contributed by atoms with Gasteiger partial charge >= 0.3 is 0 Å². The van der Waals surface area contributed by atoms with E-state index in [1.807, 2.05) is 29.2 Å². The van der Waals surface area contributed by atoms with Crippen LogP contribution in [0.5, 0.6) is 0 Å². The lowest BCUT2D eigenvalue weighted by Crippen LogP contribution is -2.48. The van der Waals surface area contributed by atoms with Gasteiger partial charge in [0.2, 0.25) is 5.91 Å². The van der Waals surface area contributed by atoms with Crippen LogP contribution in [-0.2, 0) is 11.2 Å². The number of rotatable bonds is 5. The lowest BCUT2D eigenvalue weighted by atomic mass is 9.81. The van der Waals surface area contributed by atoms with E-state index < -0.39 is 0 Å². The lowest BCUT2D eigenvalue weighted by Gasteiger charge is -2.36. The van der Waals surface area contributed by atoms with E-state index in [4.69, 9.17) is 4.52 Å². The summed E-state index contributed by atoms with van der Waals surface area (Å²) in [5.41, 5.74) is 1.73. The molecule has 2 aliphatic heterocycles. The van der Waals surface area contributed by atoms with Gasteiger partial charge < -0.3 is 19.6 Å². The molecule has 4 heterocycles. The Morgan fingerprint density at radius 1 is 1.25 bits per heavy atom. The molecule has 1 N–H and O–H groups in total. The first kappa shape index (κ1) is 19.1. The van der Waals surface area contributed by atoms with E-state index >= 15 is 0 Å². The van der Waals surface area contributed by atoms with Crippen LogP contribution in [0, 0.1) is 11.8 Å². The number of piperazine rings is 1. The molecule has 2 fully saturated rings. The smallest absolute Gasteiger partial charge is 0.222 e. The standard InChI is InChI=1S/C21H29N5O2/c1-25-8-10-26(11-9-25)21(27)13-16-5-7-22-15-17(16)12-18-14-20(28-24-18)19-4-2-3-6-23-19/h2-4,6,14,16-17,22H,5,7-13,15H2,1H3. The average molecular weight is 383 g/mol. The van der Waals surface area contributed by atoms with Gasteiger partial charge in [0, 0.05) is 44.9 Å². The Labute approximate surface area is 166 Å². The molecule has 0 bridgehead atoms. The third-order valence-electron chi connectivity index (χ3n) is 6.01. The Hall–Kier alpha value is -2.25. The van der Waals surface area contributed by atoms with Crippen molar-refractivity contribution in [3.63, 3.8) is 0 Å². The van der Waals surface area contributed by atoms with E-state index in [0.717, 1.165) is 63.5 Å². The topological polar surface area (TPSA) is 74.5 Å². The second-order valence-electron chi connectivity index (χ2n) is 8.00. The van der Waals surface area contributed by atoms with Crippen molar-refractivity contribution in [2.75, 3.05) is 46.3 Å². The highest BCUT2D eigenvalue weighted by atomic mass is 16.5. The highest BCUT2D eigenvalue weighted by Crippen LogP contribution is 2.28. The van der Waals surface area contributed by atoms with Crippen LogP contribution in [0.2, 0.25) is 0 Å². The molecule has 1 amide bonds. The zero-order chi connectivity index (χ0) is 19.3. The summed E-state index contributed by atoms with van der Waals surface area (Å²) in [5, 5.41) is 7.73. The van der Waals surface area contributed by atoms with Gasteiger partial charge in [-0.05, 0) is 56.9 Å². The van der Waals surface area contributed by atoms with Gasteiger partial charge in [-0.15, -0.1) is 0 Å². The van der Waals surface area contributed by atoms with Crippen LogP contribution in [0.3, 0.4) is 0 Å². The molecule has 150 valence electrons. The maximum atomic E-state index is 12.8. The Bertz CT molecular complexity index is 770.